The molecule has 0 atom stereocenters. The first kappa shape index (κ1) is 23.7. The summed E-state index contributed by atoms with van der Waals surface area (Å²) in [6.07, 6.45) is 24.8. The largest absolute Gasteiger partial charge is 0.321 e. The van der Waals surface area contributed by atoms with E-state index in [0.717, 1.165) is 12.1 Å². The van der Waals surface area contributed by atoms with Gasteiger partial charge in [-0.05, 0) is 12.5 Å². The first-order chi connectivity index (χ1) is 13.2. The SMILES string of the molecule is CCCCCCCCCCCCCCCCCC(=O)Nc1ccc[n+](C)c1. The Kier molecular flexibility index (Phi) is 14.7. The van der Waals surface area contributed by atoms with Gasteiger partial charge in [-0.25, -0.2) is 4.57 Å². The zero-order chi connectivity index (χ0) is 19.6. The molecule has 0 bridgehead atoms. The van der Waals surface area contributed by atoms with Crippen LogP contribution in [0.4, 0.5) is 5.69 Å². The zero-order valence-electron chi connectivity index (χ0n) is 18.0. The van der Waals surface area contributed by atoms with Crippen LogP contribution in [0.3, 0.4) is 0 Å². The molecule has 154 valence electrons. The molecule has 0 saturated heterocycles. The molecule has 0 spiro atoms. The van der Waals surface area contributed by atoms with Gasteiger partial charge in [-0.15, -0.1) is 0 Å². The summed E-state index contributed by atoms with van der Waals surface area (Å²) in [6, 6.07) is 3.88. The number of aromatic nitrogens is 1. The number of rotatable bonds is 17. The summed E-state index contributed by atoms with van der Waals surface area (Å²) in [5, 5.41) is 2.97. The van der Waals surface area contributed by atoms with Crippen molar-refractivity contribution in [1.82, 2.24) is 0 Å². The number of hydrogen-bond donors (Lipinski definition) is 1. The van der Waals surface area contributed by atoms with Crippen molar-refractivity contribution in [3.63, 3.8) is 0 Å². The maximum Gasteiger partial charge on any atom is 0.224 e. The monoisotopic (exact) mass is 375 g/mol. The predicted molar refractivity (Wildman–Crippen MR) is 116 cm³/mol. The molecule has 1 heterocycles. The fourth-order valence-corrected chi connectivity index (χ4v) is 3.54. The third kappa shape index (κ3) is 14.4. The molecule has 1 rings (SSSR count). The van der Waals surface area contributed by atoms with Crippen LogP contribution in [0, 0.1) is 0 Å². The predicted octanol–water partition coefficient (Wildman–Crippen LogP) is 6.71. The number of nitrogens with one attached hydrogen (secondary N) is 1. The van der Waals surface area contributed by atoms with Crippen LogP contribution in [-0.4, -0.2) is 5.91 Å². The average molecular weight is 376 g/mol. The van der Waals surface area contributed by atoms with Crippen LogP contribution < -0.4 is 9.88 Å². The molecule has 0 fully saturated rings. The normalized spacial score (nSPS) is 10.9. The summed E-state index contributed by atoms with van der Waals surface area (Å²) in [4.78, 5) is 11.9. The highest BCUT2D eigenvalue weighted by atomic mass is 16.1. The van der Waals surface area contributed by atoms with E-state index in [9.17, 15) is 4.79 Å². The van der Waals surface area contributed by atoms with Crippen molar-refractivity contribution < 1.29 is 9.36 Å². The molecule has 3 nitrogen and oxygen atoms in total. The van der Waals surface area contributed by atoms with E-state index in [-0.39, 0.29) is 5.91 Å². The number of hydrogen-bond acceptors (Lipinski definition) is 1. The van der Waals surface area contributed by atoms with Crippen molar-refractivity contribution in [3.05, 3.63) is 24.5 Å². The van der Waals surface area contributed by atoms with Gasteiger partial charge in [0.15, 0.2) is 12.4 Å². The van der Waals surface area contributed by atoms with E-state index in [0.29, 0.717) is 6.42 Å². The van der Waals surface area contributed by atoms with E-state index in [4.69, 9.17) is 0 Å². The second-order valence-electron chi connectivity index (χ2n) is 8.01. The third-order valence-corrected chi connectivity index (χ3v) is 5.23. The Morgan fingerprint density at radius 3 is 1.78 bits per heavy atom. The van der Waals surface area contributed by atoms with Crippen molar-refractivity contribution in [1.29, 1.82) is 0 Å². The second kappa shape index (κ2) is 16.8. The van der Waals surface area contributed by atoms with E-state index in [1.54, 1.807) is 0 Å². The van der Waals surface area contributed by atoms with Gasteiger partial charge in [0.1, 0.15) is 12.7 Å². The highest BCUT2D eigenvalue weighted by Gasteiger charge is 2.04. The summed E-state index contributed by atoms with van der Waals surface area (Å²) in [7, 11) is 1.96. The molecule has 3 heteroatoms. The number of carbonyl (C=O) groups excluding carboxylic acids is 1. The topological polar surface area (TPSA) is 33.0 Å². The number of aryl methyl sites for hydroxylation is 1. The summed E-state index contributed by atoms with van der Waals surface area (Å²) in [5.41, 5.74) is 0.881. The minimum Gasteiger partial charge on any atom is -0.321 e. The fraction of sp³-hybridized carbons (Fsp3) is 0.750. The average Bonchev–Trinajstić information content (AvgIpc) is 2.65. The number of amides is 1. The smallest absolute Gasteiger partial charge is 0.224 e. The van der Waals surface area contributed by atoms with Crippen LogP contribution in [0.5, 0.6) is 0 Å². The number of pyridine rings is 1. The molecule has 1 aromatic heterocycles. The maximum atomic E-state index is 11.9. The van der Waals surface area contributed by atoms with Crippen LogP contribution >= 0.6 is 0 Å². The number of nitrogens with zero attached hydrogens (tertiary/aromatic N) is 1. The summed E-state index contributed by atoms with van der Waals surface area (Å²) in [6.45, 7) is 2.28. The molecule has 1 amide bonds. The second-order valence-corrected chi connectivity index (χ2v) is 8.01. The molecule has 0 saturated carbocycles. The molecule has 0 aromatic carbocycles. The van der Waals surface area contributed by atoms with Gasteiger partial charge in [-0.3, -0.25) is 4.79 Å². The van der Waals surface area contributed by atoms with Crippen molar-refractivity contribution in [2.75, 3.05) is 5.32 Å². The summed E-state index contributed by atoms with van der Waals surface area (Å²) in [5.74, 6) is 0.135. The number of anilines is 1. The Morgan fingerprint density at radius 1 is 0.815 bits per heavy atom. The highest BCUT2D eigenvalue weighted by Crippen LogP contribution is 2.14. The van der Waals surface area contributed by atoms with Gasteiger partial charge < -0.3 is 5.32 Å². The van der Waals surface area contributed by atoms with Crippen molar-refractivity contribution >= 4 is 11.6 Å². The van der Waals surface area contributed by atoms with Crippen molar-refractivity contribution in [3.8, 4) is 0 Å². The molecule has 27 heavy (non-hydrogen) atoms. The lowest BCUT2D eigenvalue weighted by atomic mass is 10.0. The number of unbranched alkanes of at least 4 members (excludes halogenated alkanes) is 14. The fourth-order valence-electron chi connectivity index (χ4n) is 3.54. The van der Waals surface area contributed by atoms with E-state index in [1.165, 1.54) is 89.9 Å². The Hall–Kier alpha value is -1.38. The molecule has 0 aliphatic carbocycles. The van der Waals surface area contributed by atoms with E-state index < -0.39 is 0 Å². The quantitative estimate of drug-likeness (QED) is 0.238. The molecule has 0 aliphatic heterocycles. The maximum absolute atomic E-state index is 11.9. The van der Waals surface area contributed by atoms with Gasteiger partial charge >= 0.3 is 0 Å². The summed E-state index contributed by atoms with van der Waals surface area (Å²) < 4.78 is 1.95. The summed E-state index contributed by atoms with van der Waals surface area (Å²) >= 11 is 0. The lowest BCUT2D eigenvalue weighted by Crippen LogP contribution is -2.27. The lowest BCUT2D eigenvalue weighted by molar-refractivity contribution is -0.670. The van der Waals surface area contributed by atoms with Gasteiger partial charge in [0, 0.05) is 12.5 Å². The molecule has 0 radical (unpaired) electrons. The first-order valence-electron chi connectivity index (χ1n) is 11.5. The lowest BCUT2D eigenvalue weighted by Gasteiger charge is -2.04. The first-order valence-corrected chi connectivity index (χ1v) is 11.5. The third-order valence-electron chi connectivity index (χ3n) is 5.23. The van der Waals surface area contributed by atoms with Crippen LogP contribution in [-0.2, 0) is 11.8 Å². The molecular weight excluding hydrogens is 332 g/mol. The standard InChI is InChI=1S/C24H42N2O/c1-3-4-5-6-7-8-9-10-11-12-13-14-15-16-17-20-24(27)25-23-19-18-21-26(2)22-23/h18-19,21-22H,3-17,20H2,1-2H3/p+1. The van der Waals surface area contributed by atoms with Crippen LogP contribution in [0.25, 0.3) is 0 Å². The Morgan fingerprint density at radius 2 is 1.30 bits per heavy atom. The highest BCUT2D eigenvalue weighted by molar-refractivity contribution is 5.90. The Bertz CT molecular complexity index is 487. The molecule has 1 N–H and O–H groups in total. The Balaban J connectivity index is 1.82. The zero-order valence-corrected chi connectivity index (χ0v) is 18.0. The minimum atomic E-state index is 0.135. The van der Waals surface area contributed by atoms with Crippen molar-refractivity contribution in [2.24, 2.45) is 7.05 Å². The van der Waals surface area contributed by atoms with Gasteiger partial charge in [0.05, 0.1) is 0 Å². The molecule has 1 aromatic rings. The van der Waals surface area contributed by atoms with Crippen LogP contribution in [0.15, 0.2) is 24.5 Å². The van der Waals surface area contributed by atoms with Gasteiger partial charge in [-0.2, -0.15) is 0 Å². The number of carbonyl (C=O) groups is 1. The van der Waals surface area contributed by atoms with Crippen LogP contribution in [0.1, 0.15) is 110 Å². The van der Waals surface area contributed by atoms with Crippen molar-refractivity contribution in [2.45, 2.75) is 110 Å². The Labute approximate surface area is 168 Å². The van der Waals surface area contributed by atoms with E-state index in [2.05, 4.69) is 12.2 Å². The van der Waals surface area contributed by atoms with Crippen LogP contribution in [0.2, 0.25) is 0 Å². The van der Waals surface area contributed by atoms with Gasteiger partial charge in [0.2, 0.25) is 5.91 Å². The van der Waals surface area contributed by atoms with Gasteiger partial charge in [-0.1, -0.05) is 96.8 Å². The molecule has 0 aliphatic rings. The molecule has 0 unspecified atom stereocenters. The molecular formula is C24H43N2O+. The minimum absolute atomic E-state index is 0.135. The van der Waals surface area contributed by atoms with E-state index >= 15 is 0 Å². The van der Waals surface area contributed by atoms with E-state index in [1.807, 2.05) is 36.1 Å². The van der Waals surface area contributed by atoms with Gasteiger partial charge in [0.25, 0.3) is 0 Å².